The van der Waals surface area contributed by atoms with E-state index >= 15 is 0 Å². The van der Waals surface area contributed by atoms with E-state index in [0.29, 0.717) is 0 Å². The topological polar surface area (TPSA) is 167 Å². The summed E-state index contributed by atoms with van der Waals surface area (Å²) in [6.45, 7) is 0. The van der Waals surface area contributed by atoms with Crippen molar-refractivity contribution in [2.24, 2.45) is 5.73 Å². The molecule has 17 heavy (non-hydrogen) atoms. The average Bonchev–Trinajstić information content (AvgIpc) is 2.14. The second-order valence-corrected chi connectivity index (χ2v) is 3.20. The van der Waals surface area contributed by atoms with E-state index in [1.165, 1.54) is 0 Å². The first-order valence-corrected chi connectivity index (χ1v) is 4.46. The molecule has 0 saturated heterocycles. The Kier molecular flexibility index (Phi) is 5.61. The van der Waals surface area contributed by atoms with Gasteiger partial charge >= 0.3 is 17.9 Å². The first-order chi connectivity index (χ1) is 7.73. The third kappa shape index (κ3) is 6.10. The predicted octanol–water partition coefficient (Wildman–Crippen LogP) is -2.17. The predicted molar refractivity (Wildman–Crippen MR) is 52.0 cm³/mol. The van der Waals surface area contributed by atoms with Gasteiger partial charge in [-0.3, -0.25) is 14.4 Å². The van der Waals surface area contributed by atoms with Gasteiger partial charge in [-0.2, -0.15) is 0 Å². The van der Waals surface area contributed by atoms with Crippen molar-refractivity contribution in [1.29, 1.82) is 0 Å². The number of carbonyl (C=O) groups excluding carboxylic acids is 1. The lowest BCUT2D eigenvalue weighted by molar-refractivity contribution is -0.147. The van der Waals surface area contributed by atoms with Crippen LogP contribution >= 0.6 is 0 Å². The van der Waals surface area contributed by atoms with Crippen LogP contribution in [0.15, 0.2) is 0 Å². The molecule has 0 aromatic carbocycles. The zero-order chi connectivity index (χ0) is 13.6. The van der Waals surface area contributed by atoms with Crippen LogP contribution in [0.25, 0.3) is 0 Å². The molecule has 9 heteroatoms. The van der Waals surface area contributed by atoms with Crippen molar-refractivity contribution in [3.05, 3.63) is 0 Å². The highest BCUT2D eigenvalue weighted by atomic mass is 16.4. The number of aliphatic carboxylic acids is 3. The van der Waals surface area contributed by atoms with Crippen molar-refractivity contribution < 1.29 is 34.5 Å². The third-order valence-corrected chi connectivity index (χ3v) is 1.72. The van der Waals surface area contributed by atoms with Crippen molar-refractivity contribution in [2.45, 2.75) is 24.9 Å². The lowest BCUT2D eigenvalue weighted by Crippen LogP contribution is -2.49. The van der Waals surface area contributed by atoms with Crippen LogP contribution in [0, 0.1) is 0 Å². The third-order valence-electron chi connectivity index (χ3n) is 1.72. The van der Waals surface area contributed by atoms with Crippen LogP contribution < -0.4 is 11.1 Å². The molecule has 0 bridgehead atoms. The number of rotatable bonds is 7. The number of hydrogen-bond acceptors (Lipinski definition) is 5. The van der Waals surface area contributed by atoms with Crippen molar-refractivity contribution in [2.75, 3.05) is 0 Å². The van der Waals surface area contributed by atoms with E-state index in [4.69, 9.17) is 21.1 Å². The van der Waals surface area contributed by atoms with Crippen LogP contribution in [-0.4, -0.2) is 51.2 Å². The molecule has 0 aliphatic heterocycles. The molecule has 2 atom stereocenters. The SMILES string of the molecule is N[C@H](CC(=O)O)C(=O)N[C@@H](CC(=O)O)C(=O)O. The summed E-state index contributed by atoms with van der Waals surface area (Å²) < 4.78 is 0. The molecule has 0 spiro atoms. The maximum Gasteiger partial charge on any atom is 0.326 e. The minimum absolute atomic E-state index is 0.675. The number of carboxylic acid groups (broad SMARTS) is 3. The highest BCUT2D eigenvalue weighted by Gasteiger charge is 2.26. The van der Waals surface area contributed by atoms with E-state index in [9.17, 15) is 19.2 Å². The van der Waals surface area contributed by atoms with Crippen LogP contribution in [0.3, 0.4) is 0 Å². The Hall–Kier alpha value is -2.16. The van der Waals surface area contributed by atoms with Gasteiger partial charge in [-0.05, 0) is 0 Å². The molecule has 0 radical (unpaired) electrons. The summed E-state index contributed by atoms with van der Waals surface area (Å²) in [4.78, 5) is 42.3. The van der Waals surface area contributed by atoms with Crippen molar-refractivity contribution >= 4 is 23.8 Å². The number of carboxylic acids is 3. The molecule has 0 heterocycles. The van der Waals surface area contributed by atoms with Gasteiger partial charge in [-0.25, -0.2) is 4.79 Å². The van der Waals surface area contributed by atoms with E-state index in [0.717, 1.165) is 0 Å². The lowest BCUT2D eigenvalue weighted by Gasteiger charge is -2.15. The summed E-state index contributed by atoms with van der Waals surface area (Å²) >= 11 is 0. The monoisotopic (exact) mass is 248 g/mol. The van der Waals surface area contributed by atoms with Gasteiger partial charge < -0.3 is 26.4 Å². The largest absolute Gasteiger partial charge is 0.481 e. The van der Waals surface area contributed by atoms with E-state index < -0.39 is 48.7 Å². The molecule has 6 N–H and O–H groups in total. The zero-order valence-corrected chi connectivity index (χ0v) is 8.62. The Morgan fingerprint density at radius 3 is 1.82 bits per heavy atom. The summed E-state index contributed by atoms with van der Waals surface area (Å²) in [5, 5.41) is 27.2. The number of nitrogens with two attached hydrogens (primary N) is 1. The molecule has 1 amide bonds. The van der Waals surface area contributed by atoms with Gasteiger partial charge in [0.05, 0.1) is 18.9 Å². The van der Waals surface area contributed by atoms with Crippen LogP contribution in [0.4, 0.5) is 0 Å². The van der Waals surface area contributed by atoms with Gasteiger partial charge in [0.15, 0.2) is 0 Å². The summed E-state index contributed by atoms with van der Waals surface area (Å²) in [5.41, 5.74) is 5.16. The Balaban J connectivity index is 4.44. The van der Waals surface area contributed by atoms with Crippen molar-refractivity contribution in [1.82, 2.24) is 5.32 Å². The molecular weight excluding hydrogens is 236 g/mol. The number of hydrogen-bond donors (Lipinski definition) is 5. The Bertz CT molecular complexity index is 341. The molecule has 0 rings (SSSR count). The summed E-state index contributed by atoms with van der Waals surface area (Å²) in [6.07, 6.45) is -1.49. The number of amides is 1. The minimum Gasteiger partial charge on any atom is -0.481 e. The van der Waals surface area contributed by atoms with E-state index in [1.807, 2.05) is 5.32 Å². The second-order valence-electron chi connectivity index (χ2n) is 3.20. The van der Waals surface area contributed by atoms with Crippen LogP contribution in [-0.2, 0) is 19.2 Å². The van der Waals surface area contributed by atoms with Crippen molar-refractivity contribution in [3.8, 4) is 0 Å². The Morgan fingerprint density at radius 1 is 1.00 bits per heavy atom. The molecule has 0 unspecified atom stereocenters. The van der Waals surface area contributed by atoms with Crippen LogP contribution in [0.2, 0.25) is 0 Å². The van der Waals surface area contributed by atoms with Gasteiger partial charge in [0.2, 0.25) is 5.91 Å². The minimum atomic E-state index is -1.64. The number of nitrogens with one attached hydrogen (secondary N) is 1. The molecule has 0 aromatic heterocycles. The van der Waals surface area contributed by atoms with E-state index in [2.05, 4.69) is 0 Å². The molecule has 0 saturated carbocycles. The first kappa shape index (κ1) is 14.8. The highest BCUT2D eigenvalue weighted by Crippen LogP contribution is 1.96. The van der Waals surface area contributed by atoms with Crippen molar-refractivity contribution in [3.63, 3.8) is 0 Å². The Labute approximate surface area is 95.2 Å². The smallest absolute Gasteiger partial charge is 0.326 e. The number of carbonyl (C=O) groups is 4. The molecule has 96 valence electrons. The normalized spacial score (nSPS) is 13.5. The summed E-state index contributed by atoms with van der Waals surface area (Å²) in [5.74, 6) is -5.30. The second kappa shape index (κ2) is 6.43. The zero-order valence-electron chi connectivity index (χ0n) is 8.62. The van der Waals surface area contributed by atoms with Crippen LogP contribution in [0.5, 0.6) is 0 Å². The maximum atomic E-state index is 11.2. The van der Waals surface area contributed by atoms with Gasteiger partial charge in [0, 0.05) is 0 Å². The molecule has 9 nitrogen and oxygen atoms in total. The fraction of sp³-hybridized carbons (Fsp3) is 0.500. The molecule has 0 aliphatic rings. The van der Waals surface area contributed by atoms with Gasteiger partial charge in [-0.1, -0.05) is 0 Å². The molecular formula is C8H12N2O7. The van der Waals surface area contributed by atoms with E-state index in [-0.39, 0.29) is 0 Å². The summed E-state index contributed by atoms with van der Waals surface area (Å²) in [7, 11) is 0. The average molecular weight is 248 g/mol. The quantitative estimate of drug-likeness (QED) is 0.339. The fourth-order valence-corrected chi connectivity index (χ4v) is 0.934. The molecule has 0 fully saturated rings. The Morgan fingerprint density at radius 2 is 1.47 bits per heavy atom. The summed E-state index contributed by atoms with van der Waals surface area (Å²) in [6, 6.07) is -3.07. The highest BCUT2D eigenvalue weighted by molar-refractivity contribution is 5.90. The fourth-order valence-electron chi connectivity index (χ4n) is 0.934. The standard InChI is InChI=1S/C8H12N2O7/c9-3(1-5(11)12)7(15)10-4(8(16)17)2-6(13)14/h3-4H,1-2,9H2,(H,10,15)(H,11,12)(H,13,14)(H,16,17)/t3-,4+/m1/s1. The van der Waals surface area contributed by atoms with Gasteiger partial charge in [0.1, 0.15) is 6.04 Å². The van der Waals surface area contributed by atoms with Gasteiger partial charge in [-0.15, -0.1) is 0 Å². The maximum absolute atomic E-state index is 11.2. The van der Waals surface area contributed by atoms with Gasteiger partial charge in [0.25, 0.3) is 0 Å². The lowest BCUT2D eigenvalue weighted by atomic mass is 10.1. The van der Waals surface area contributed by atoms with E-state index in [1.54, 1.807) is 0 Å². The first-order valence-electron chi connectivity index (χ1n) is 4.46. The molecule has 0 aliphatic carbocycles. The van der Waals surface area contributed by atoms with Crippen LogP contribution in [0.1, 0.15) is 12.8 Å². The molecule has 0 aromatic rings.